The van der Waals surface area contributed by atoms with Crippen LogP contribution in [-0.4, -0.2) is 34.6 Å². The SMILES string of the molecule is CCOc1cc(CNC(=O)c2nnn(-c3ccc(C)c(Cl)c3)c2C)ccc1OC. The van der Waals surface area contributed by atoms with Gasteiger partial charge in [0.2, 0.25) is 0 Å². The number of nitrogens with one attached hydrogen (secondary N) is 1. The Hall–Kier alpha value is -3.06. The van der Waals surface area contributed by atoms with Gasteiger partial charge in [-0.15, -0.1) is 5.10 Å². The number of benzene rings is 2. The summed E-state index contributed by atoms with van der Waals surface area (Å²) in [5, 5.41) is 11.7. The molecule has 7 nitrogen and oxygen atoms in total. The number of nitrogens with zero attached hydrogens (tertiary/aromatic N) is 3. The Bertz CT molecular complexity index is 1030. The lowest BCUT2D eigenvalue weighted by Crippen LogP contribution is -2.24. The number of ether oxygens (including phenoxy) is 2. The fourth-order valence-corrected chi connectivity index (χ4v) is 3.04. The van der Waals surface area contributed by atoms with Gasteiger partial charge in [0.1, 0.15) is 0 Å². The Morgan fingerprint density at radius 3 is 2.66 bits per heavy atom. The van der Waals surface area contributed by atoms with Gasteiger partial charge in [-0.2, -0.15) is 0 Å². The van der Waals surface area contributed by atoms with Crippen LogP contribution >= 0.6 is 11.6 Å². The molecule has 0 radical (unpaired) electrons. The van der Waals surface area contributed by atoms with Crippen molar-refractivity contribution in [3.63, 3.8) is 0 Å². The molecule has 8 heteroatoms. The monoisotopic (exact) mass is 414 g/mol. The molecule has 0 saturated carbocycles. The predicted molar refractivity (Wildman–Crippen MR) is 111 cm³/mol. The van der Waals surface area contributed by atoms with Crippen LogP contribution in [0, 0.1) is 13.8 Å². The molecule has 0 aliphatic carbocycles. The molecule has 3 rings (SSSR count). The Morgan fingerprint density at radius 1 is 1.17 bits per heavy atom. The molecule has 0 aliphatic rings. The van der Waals surface area contributed by atoms with Gasteiger partial charge in [0, 0.05) is 11.6 Å². The van der Waals surface area contributed by atoms with Crippen LogP contribution in [0.1, 0.15) is 34.2 Å². The normalized spacial score (nSPS) is 10.7. The van der Waals surface area contributed by atoms with E-state index in [0.29, 0.717) is 35.4 Å². The van der Waals surface area contributed by atoms with E-state index in [-0.39, 0.29) is 11.6 Å². The van der Waals surface area contributed by atoms with Gasteiger partial charge in [-0.1, -0.05) is 28.9 Å². The summed E-state index contributed by atoms with van der Waals surface area (Å²) in [7, 11) is 1.59. The van der Waals surface area contributed by atoms with Gasteiger partial charge in [0.15, 0.2) is 17.2 Å². The molecule has 1 heterocycles. The number of rotatable bonds is 7. The topological polar surface area (TPSA) is 78.3 Å². The smallest absolute Gasteiger partial charge is 0.274 e. The predicted octanol–water partition coefficient (Wildman–Crippen LogP) is 3.87. The molecule has 0 bridgehead atoms. The quantitative estimate of drug-likeness (QED) is 0.634. The molecule has 29 heavy (non-hydrogen) atoms. The zero-order chi connectivity index (χ0) is 21.0. The van der Waals surface area contributed by atoms with Crippen LogP contribution in [-0.2, 0) is 6.54 Å². The van der Waals surface area contributed by atoms with Gasteiger partial charge in [-0.3, -0.25) is 4.79 Å². The Kier molecular flexibility index (Phi) is 6.39. The Morgan fingerprint density at radius 2 is 1.97 bits per heavy atom. The number of amides is 1. The minimum Gasteiger partial charge on any atom is -0.493 e. The summed E-state index contributed by atoms with van der Waals surface area (Å²) >= 11 is 6.20. The number of hydrogen-bond acceptors (Lipinski definition) is 5. The molecular formula is C21H23ClN4O3. The summed E-state index contributed by atoms with van der Waals surface area (Å²) in [4.78, 5) is 12.6. The second-order valence-corrected chi connectivity index (χ2v) is 6.88. The minimum atomic E-state index is -0.305. The van der Waals surface area contributed by atoms with Crippen LogP contribution in [0.3, 0.4) is 0 Å². The first-order chi connectivity index (χ1) is 13.9. The molecular weight excluding hydrogens is 392 g/mol. The number of carbonyl (C=O) groups excluding carboxylic acids is 1. The Labute approximate surface area is 174 Å². The van der Waals surface area contributed by atoms with E-state index in [1.807, 2.05) is 44.2 Å². The largest absolute Gasteiger partial charge is 0.493 e. The molecule has 0 fully saturated rings. The number of aryl methyl sites for hydroxylation is 1. The van der Waals surface area contributed by atoms with Gasteiger partial charge >= 0.3 is 0 Å². The van der Waals surface area contributed by atoms with Gasteiger partial charge in [-0.05, 0) is 56.2 Å². The first-order valence-electron chi connectivity index (χ1n) is 9.21. The summed E-state index contributed by atoms with van der Waals surface area (Å²) in [5.74, 6) is 0.985. The number of carbonyl (C=O) groups is 1. The standard InChI is InChI=1S/C21H23ClN4O3/c1-5-29-19-10-15(7-9-18(19)28-4)12-23-21(27)20-14(3)26(25-24-20)16-8-6-13(2)17(22)11-16/h6-11H,5,12H2,1-4H3,(H,23,27). The van der Waals surface area contributed by atoms with Crippen LogP contribution in [0.15, 0.2) is 36.4 Å². The van der Waals surface area contributed by atoms with Crippen molar-refractivity contribution in [2.24, 2.45) is 0 Å². The molecule has 1 N–H and O–H groups in total. The van der Waals surface area contributed by atoms with Crippen LogP contribution < -0.4 is 14.8 Å². The average molecular weight is 415 g/mol. The minimum absolute atomic E-state index is 0.264. The third kappa shape index (κ3) is 4.51. The fraction of sp³-hybridized carbons (Fsp3) is 0.286. The maximum atomic E-state index is 12.6. The van der Waals surface area contributed by atoms with E-state index in [4.69, 9.17) is 21.1 Å². The first kappa shape index (κ1) is 20.7. The second-order valence-electron chi connectivity index (χ2n) is 6.47. The van der Waals surface area contributed by atoms with Crippen molar-refractivity contribution >= 4 is 17.5 Å². The number of halogens is 1. The van der Waals surface area contributed by atoms with Crippen molar-refractivity contribution in [2.75, 3.05) is 13.7 Å². The molecule has 2 aromatic carbocycles. The van der Waals surface area contributed by atoms with Gasteiger partial charge in [0.25, 0.3) is 5.91 Å². The maximum Gasteiger partial charge on any atom is 0.274 e. The zero-order valence-electron chi connectivity index (χ0n) is 16.8. The molecule has 0 unspecified atom stereocenters. The highest BCUT2D eigenvalue weighted by Crippen LogP contribution is 2.28. The number of aromatic nitrogens is 3. The highest BCUT2D eigenvalue weighted by atomic mass is 35.5. The average Bonchev–Trinajstić information content (AvgIpc) is 3.10. The molecule has 1 aromatic heterocycles. The number of methoxy groups -OCH3 is 1. The molecule has 1 amide bonds. The third-order valence-corrected chi connectivity index (χ3v) is 4.90. The van der Waals surface area contributed by atoms with E-state index in [9.17, 15) is 4.79 Å². The van der Waals surface area contributed by atoms with Crippen LogP contribution in [0.4, 0.5) is 0 Å². The van der Waals surface area contributed by atoms with Crippen molar-refractivity contribution in [2.45, 2.75) is 27.3 Å². The summed E-state index contributed by atoms with van der Waals surface area (Å²) in [6, 6.07) is 11.1. The molecule has 0 atom stereocenters. The molecule has 3 aromatic rings. The molecule has 0 aliphatic heterocycles. The van der Waals surface area contributed by atoms with Gasteiger partial charge in [-0.25, -0.2) is 4.68 Å². The summed E-state index contributed by atoms with van der Waals surface area (Å²) in [6.07, 6.45) is 0. The van der Waals surface area contributed by atoms with E-state index in [0.717, 1.165) is 16.8 Å². The second kappa shape index (κ2) is 8.96. The van der Waals surface area contributed by atoms with E-state index in [1.54, 1.807) is 24.8 Å². The lowest BCUT2D eigenvalue weighted by Gasteiger charge is -2.11. The molecule has 0 saturated heterocycles. The highest BCUT2D eigenvalue weighted by molar-refractivity contribution is 6.31. The van der Waals surface area contributed by atoms with Crippen molar-refractivity contribution in [1.29, 1.82) is 0 Å². The summed E-state index contributed by atoms with van der Waals surface area (Å²) in [5.41, 5.74) is 3.50. The first-order valence-corrected chi connectivity index (χ1v) is 9.59. The summed E-state index contributed by atoms with van der Waals surface area (Å²) < 4.78 is 12.5. The van der Waals surface area contributed by atoms with Crippen LogP contribution in [0.2, 0.25) is 5.02 Å². The Balaban J connectivity index is 1.74. The van der Waals surface area contributed by atoms with E-state index >= 15 is 0 Å². The van der Waals surface area contributed by atoms with Crippen molar-refractivity contribution in [3.05, 3.63) is 63.9 Å². The number of hydrogen-bond donors (Lipinski definition) is 1. The lowest BCUT2D eigenvalue weighted by atomic mass is 10.2. The van der Waals surface area contributed by atoms with Crippen molar-refractivity contribution in [1.82, 2.24) is 20.3 Å². The van der Waals surface area contributed by atoms with Crippen LogP contribution in [0.25, 0.3) is 5.69 Å². The van der Waals surface area contributed by atoms with Gasteiger partial charge in [0.05, 0.1) is 25.1 Å². The maximum absolute atomic E-state index is 12.6. The van der Waals surface area contributed by atoms with Crippen molar-refractivity contribution < 1.29 is 14.3 Å². The highest BCUT2D eigenvalue weighted by Gasteiger charge is 2.18. The van der Waals surface area contributed by atoms with E-state index < -0.39 is 0 Å². The fourth-order valence-electron chi connectivity index (χ4n) is 2.86. The third-order valence-electron chi connectivity index (χ3n) is 4.49. The molecule has 0 spiro atoms. The van der Waals surface area contributed by atoms with Crippen LogP contribution in [0.5, 0.6) is 11.5 Å². The summed E-state index contributed by atoms with van der Waals surface area (Å²) in [6.45, 7) is 6.48. The van der Waals surface area contributed by atoms with E-state index in [1.165, 1.54) is 0 Å². The van der Waals surface area contributed by atoms with E-state index in [2.05, 4.69) is 15.6 Å². The van der Waals surface area contributed by atoms with Gasteiger partial charge < -0.3 is 14.8 Å². The zero-order valence-corrected chi connectivity index (χ0v) is 17.6. The van der Waals surface area contributed by atoms with Crippen molar-refractivity contribution in [3.8, 4) is 17.2 Å². The lowest BCUT2D eigenvalue weighted by molar-refractivity contribution is 0.0945. The molecule has 152 valence electrons.